The number of carbonyl (C=O) groups is 1. The molecule has 2 aromatic heterocycles. The van der Waals surface area contributed by atoms with Crippen LogP contribution in [0.3, 0.4) is 0 Å². The molecule has 0 saturated heterocycles. The Balaban J connectivity index is 1.25. The van der Waals surface area contributed by atoms with Gasteiger partial charge in [0.05, 0.1) is 25.0 Å². The SMILES string of the molecule is O=C(Cc1noc2ccccc12)N1CCc2c(ncn2CCc2ccccc2)C1. The minimum Gasteiger partial charge on any atom is -0.356 e. The lowest BCUT2D eigenvalue weighted by molar-refractivity contribution is -0.131. The normalized spacial score (nSPS) is 13.6. The zero-order valence-electron chi connectivity index (χ0n) is 16.1. The Morgan fingerprint density at radius 2 is 1.90 bits per heavy atom. The van der Waals surface area contributed by atoms with Crippen molar-refractivity contribution in [2.24, 2.45) is 0 Å². The molecule has 29 heavy (non-hydrogen) atoms. The Bertz CT molecular complexity index is 1150. The Morgan fingerprint density at radius 3 is 2.79 bits per heavy atom. The van der Waals surface area contributed by atoms with E-state index < -0.39 is 0 Å². The lowest BCUT2D eigenvalue weighted by Crippen LogP contribution is -2.37. The zero-order chi connectivity index (χ0) is 19.6. The summed E-state index contributed by atoms with van der Waals surface area (Å²) >= 11 is 0. The smallest absolute Gasteiger partial charge is 0.229 e. The minimum atomic E-state index is 0.0635. The number of hydrogen-bond donors (Lipinski definition) is 0. The summed E-state index contributed by atoms with van der Waals surface area (Å²) in [6, 6.07) is 18.1. The number of nitrogens with zero attached hydrogens (tertiary/aromatic N) is 4. The van der Waals surface area contributed by atoms with E-state index in [0.717, 1.165) is 30.5 Å². The van der Waals surface area contributed by atoms with Gasteiger partial charge in [0.1, 0.15) is 5.69 Å². The third-order valence-electron chi connectivity index (χ3n) is 5.60. The van der Waals surface area contributed by atoms with E-state index in [1.165, 1.54) is 11.3 Å². The van der Waals surface area contributed by atoms with Gasteiger partial charge in [-0.1, -0.05) is 47.6 Å². The molecule has 0 fully saturated rings. The van der Waals surface area contributed by atoms with Gasteiger partial charge in [-0.25, -0.2) is 4.98 Å². The van der Waals surface area contributed by atoms with Crippen molar-refractivity contribution in [1.29, 1.82) is 0 Å². The summed E-state index contributed by atoms with van der Waals surface area (Å²) in [4.78, 5) is 19.3. The lowest BCUT2D eigenvalue weighted by Gasteiger charge is -2.27. The number of amides is 1. The van der Waals surface area contributed by atoms with E-state index in [1.54, 1.807) is 0 Å². The molecule has 0 bridgehead atoms. The van der Waals surface area contributed by atoms with Crippen LogP contribution in [0.5, 0.6) is 0 Å². The van der Waals surface area contributed by atoms with E-state index in [0.29, 0.717) is 24.4 Å². The summed E-state index contributed by atoms with van der Waals surface area (Å²) in [6.07, 6.45) is 3.97. The number of rotatable bonds is 5. The summed E-state index contributed by atoms with van der Waals surface area (Å²) in [5.74, 6) is 0.0635. The largest absolute Gasteiger partial charge is 0.356 e. The van der Waals surface area contributed by atoms with E-state index in [-0.39, 0.29) is 12.3 Å². The van der Waals surface area contributed by atoms with Crippen molar-refractivity contribution < 1.29 is 9.32 Å². The molecular formula is C23H22N4O2. The fourth-order valence-electron chi connectivity index (χ4n) is 3.99. The van der Waals surface area contributed by atoms with E-state index in [2.05, 4.69) is 39.0 Å². The van der Waals surface area contributed by atoms with Crippen LogP contribution in [0.4, 0.5) is 0 Å². The second kappa shape index (κ2) is 7.54. The minimum absolute atomic E-state index is 0.0635. The number of carbonyl (C=O) groups excluding carboxylic acids is 1. The maximum Gasteiger partial charge on any atom is 0.229 e. The van der Waals surface area contributed by atoms with Crippen LogP contribution >= 0.6 is 0 Å². The second-order valence-corrected chi connectivity index (χ2v) is 7.43. The van der Waals surface area contributed by atoms with Gasteiger partial charge in [-0.2, -0.15) is 0 Å². The van der Waals surface area contributed by atoms with Gasteiger partial charge >= 0.3 is 0 Å². The molecule has 6 nitrogen and oxygen atoms in total. The highest BCUT2D eigenvalue weighted by Gasteiger charge is 2.25. The third-order valence-corrected chi connectivity index (χ3v) is 5.60. The highest BCUT2D eigenvalue weighted by atomic mass is 16.5. The van der Waals surface area contributed by atoms with Crippen LogP contribution in [0.2, 0.25) is 0 Å². The maximum absolute atomic E-state index is 12.8. The van der Waals surface area contributed by atoms with Gasteiger partial charge in [-0.3, -0.25) is 4.79 Å². The Kier molecular flexibility index (Phi) is 4.60. The molecule has 0 unspecified atom stereocenters. The number of imidazole rings is 1. The summed E-state index contributed by atoms with van der Waals surface area (Å²) < 4.78 is 7.56. The predicted octanol–water partition coefficient (Wildman–Crippen LogP) is 3.39. The number of benzene rings is 2. The van der Waals surface area contributed by atoms with Crippen molar-refractivity contribution >= 4 is 16.9 Å². The van der Waals surface area contributed by atoms with Gasteiger partial charge in [0.2, 0.25) is 5.91 Å². The van der Waals surface area contributed by atoms with Gasteiger partial charge in [0.25, 0.3) is 0 Å². The predicted molar refractivity (Wildman–Crippen MR) is 109 cm³/mol. The summed E-state index contributed by atoms with van der Waals surface area (Å²) in [6.45, 7) is 2.17. The number of fused-ring (bicyclic) bond motifs is 2. The van der Waals surface area contributed by atoms with Crippen LogP contribution in [0, 0.1) is 0 Å². The van der Waals surface area contributed by atoms with Crippen molar-refractivity contribution in [3.05, 3.63) is 83.6 Å². The molecule has 2 aromatic carbocycles. The first-order valence-corrected chi connectivity index (χ1v) is 9.96. The molecule has 1 aliphatic rings. The highest BCUT2D eigenvalue weighted by molar-refractivity contribution is 5.86. The van der Waals surface area contributed by atoms with Gasteiger partial charge in [-0.15, -0.1) is 0 Å². The third kappa shape index (κ3) is 3.53. The molecule has 0 saturated carbocycles. The second-order valence-electron chi connectivity index (χ2n) is 7.43. The monoisotopic (exact) mass is 386 g/mol. The van der Waals surface area contributed by atoms with Gasteiger partial charge < -0.3 is 14.0 Å². The van der Waals surface area contributed by atoms with Crippen molar-refractivity contribution in [3.63, 3.8) is 0 Å². The number of aromatic nitrogens is 3. The first-order chi connectivity index (χ1) is 14.3. The molecule has 0 atom stereocenters. The van der Waals surface area contributed by atoms with Gasteiger partial charge in [0, 0.05) is 30.6 Å². The molecule has 4 aromatic rings. The lowest BCUT2D eigenvalue weighted by atomic mass is 10.1. The zero-order valence-corrected chi connectivity index (χ0v) is 16.1. The first kappa shape index (κ1) is 17.7. The van der Waals surface area contributed by atoms with Gasteiger partial charge in [-0.05, 0) is 24.1 Å². The first-order valence-electron chi connectivity index (χ1n) is 9.96. The van der Waals surface area contributed by atoms with Crippen LogP contribution < -0.4 is 0 Å². The maximum atomic E-state index is 12.8. The quantitative estimate of drug-likeness (QED) is 0.527. The van der Waals surface area contributed by atoms with Crippen molar-refractivity contribution in [3.8, 4) is 0 Å². The Labute approximate surface area is 168 Å². The van der Waals surface area contributed by atoms with E-state index in [1.807, 2.05) is 41.6 Å². The molecule has 0 aliphatic carbocycles. The molecule has 3 heterocycles. The summed E-state index contributed by atoms with van der Waals surface area (Å²) in [7, 11) is 0. The topological polar surface area (TPSA) is 64.2 Å². The average molecular weight is 386 g/mol. The fourth-order valence-corrected chi connectivity index (χ4v) is 3.99. The Hall–Kier alpha value is -3.41. The highest BCUT2D eigenvalue weighted by Crippen LogP contribution is 2.22. The molecule has 6 heteroatoms. The van der Waals surface area contributed by atoms with E-state index in [4.69, 9.17) is 4.52 Å². The molecule has 0 radical (unpaired) electrons. The number of aryl methyl sites for hydroxylation is 2. The molecule has 0 N–H and O–H groups in total. The van der Waals surface area contributed by atoms with Crippen molar-refractivity contribution in [2.75, 3.05) is 6.54 Å². The van der Waals surface area contributed by atoms with Crippen molar-refractivity contribution in [1.82, 2.24) is 19.6 Å². The van der Waals surface area contributed by atoms with Crippen LogP contribution in [0.1, 0.15) is 22.6 Å². The van der Waals surface area contributed by atoms with Crippen LogP contribution in [-0.4, -0.2) is 32.1 Å². The van der Waals surface area contributed by atoms with Crippen LogP contribution in [0.15, 0.2) is 65.4 Å². The summed E-state index contributed by atoms with van der Waals surface area (Å²) in [5.41, 5.74) is 4.99. The number of hydrogen-bond acceptors (Lipinski definition) is 4. The van der Waals surface area contributed by atoms with Gasteiger partial charge in [0.15, 0.2) is 5.58 Å². The molecule has 0 spiro atoms. The summed E-state index contributed by atoms with van der Waals surface area (Å²) in [5, 5.41) is 5.00. The standard InChI is InChI=1S/C23H22N4O2/c28-23(14-19-18-8-4-5-9-22(18)29-25-19)26-13-11-21-20(15-26)24-16-27(21)12-10-17-6-2-1-3-7-17/h1-9,16H,10-15H2. The molecule has 146 valence electrons. The molecular weight excluding hydrogens is 364 g/mol. The average Bonchev–Trinajstić information content (AvgIpc) is 3.37. The fraction of sp³-hybridized carbons (Fsp3) is 0.261. The molecule has 1 amide bonds. The molecule has 1 aliphatic heterocycles. The molecule has 5 rings (SSSR count). The van der Waals surface area contributed by atoms with Crippen LogP contribution in [-0.2, 0) is 37.1 Å². The van der Waals surface area contributed by atoms with E-state index in [9.17, 15) is 4.79 Å². The number of para-hydroxylation sites is 1. The van der Waals surface area contributed by atoms with Crippen LogP contribution in [0.25, 0.3) is 11.0 Å². The van der Waals surface area contributed by atoms with Crippen molar-refractivity contribution in [2.45, 2.75) is 32.4 Å². The Morgan fingerprint density at radius 1 is 1.07 bits per heavy atom. The van der Waals surface area contributed by atoms with E-state index >= 15 is 0 Å².